The number of carbonyl (C=O) groups excluding carboxylic acids is 4. The molecule has 0 unspecified atom stereocenters. The Balaban J connectivity index is 1.74. The Morgan fingerprint density at radius 1 is 1.12 bits per heavy atom. The molecule has 1 aromatic carbocycles. The number of imide groups is 2. The SMILES string of the molecule is CCN1C(=O)[C@H]2[C@H](CC=C3[C@H]2C[C@@]2(Cl)C(=O)N(C)C(=O)[C@@]2(Cl)[C@H]3c2ccc(O)c(OC)c2)C1=O. The van der Waals surface area contributed by atoms with Crippen LogP contribution in [0.25, 0.3) is 0 Å². The van der Waals surface area contributed by atoms with Gasteiger partial charge in [0, 0.05) is 19.5 Å². The summed E-state index contributed by atoms with van der Waals surface area (Å²) in [5, 5.41) is 10.1. The highest BCUT2D eigenvalue weighted by Gasteiger charge is 2.75. The number of hydrogen-bond acceptors (Lipinski definition) is 6. The van der Waals surface area contributed by atoms with E-state index in [0.29, 0.717) is 17.6 Å². The van der Waals surface area contributed by atoms with Gasteiger partial charge in [-0.3, -0.25) is 29.0 Å². The fourth-order valence-corrected chi connectivity index (χ4v) is 7.39. The fraction of sp³-hybridized carbons (Fsp3) is 0.500. The van der Waals surface area contributed by atoms with Crippen LogP contribution in [0.15, 0.2) is 29.8 Å². The molecule has 2 aliphatic heterocycles. The molecule has 6 atom stereocenters. The van der Waals surface area contributed by atoms with Crippen molar-refractivity contribution in [3.63, 3.8) is 0 Å². The molecule has 4 amide bonds. The van der Waals surface area contributed by atoms with Crippen LogP contribution in [0.3, 0.4) is 0 Å². The van der Waals surface area contributed by atoms with E-state index >= 15 is 0 Å². The molecule has 2 saturated heterocycles. The number of halogens is 2. The van der Waals surface area contributed by atoms with Crippen LogP contribution in [0.4, 0.5) is 0 Å². The number of benzene rings is 1. The first-order valence-electron chi connectivity index (χ1n) is 11.1. The number of aromatic hydroxyl groups is 1. The van der Waals surface area contributed by atoms with Gasteiger partial charge in [-0.2, -0.15) is 0 Å². The van der Waals surface area contributed by atoms with E-state index in [9.17, 15) is 24.3 Å². The average Bonchev–Trinajstić information content (AvgIpc) is 3.14. The van der Waals surface area contributed by atoms with E-state index in [2.05, 4.69) is 0 Å². The summed E-state index contributed by atoms with van der Waals surface area (Å²) in [4.78, 5) is 51.5. The van der Waals surface area contributed by atoms with Crippen LogP contribution >= 0.6 is 23.2 Å². The normalized spacial score (nSPS) is 36.9. The number of nitrogens with zero attached hydrogens (tertiary/aromatic N) is 2. The van der Waals surface area contributed by atoms with Crippen LogP contribution in [-0.2, 0) is 19.2 Å². The van der Waals surface area contributed by atoms with E-state index in [-0.39, 0.29) is 36.3 Å². The van der Waals surface area contributed by atoms with Gasteiger partial charge in [-0.25, -0.2) is 0 Å². The van der Waals surface area contributed by atoms with Crippen LogP contribution < -0.4 is 4.74 Å². The smallest absolute Gasteiger partial charge is 0.253 e. The van der Waals surface area contributed by atoms with Gasteiger partial charge in [0.25, 0.3) is 11.8 Å². The first kappa shape index (κ1) is 23.2. The molecule has 34 heavy (non-hydrogen) atoms. The minimum Gasteiger partial charge on any atom is -0.504 e. The van der Waals surface area contributed by atoms with Gasteiger partial charge in [0.2, 0.25) is 11.8 Å². The summed E-state index contributed by atoms with van der Waals surface area (Å²) in [6, 6.07) is 4.59. The predicted octanol–water partition coefficient (Wildman–Crippen LogP) is 2.41. The molecule has 1 N–H and O–H groups in total. The van der Waals surface area contributed by atoms with Crippen molar-refractivity contribution in [2.45, 2.75) is 35.4 Å². The lowest BCUT2D eigenvalue weighted by Crippen LogP contribution is -2.60. The van der Waals surface area contributed by atoms with Gasteiger partial charge in [-0.1, -0.05) is 17.7 Å². The molecular formula is C24H24Cl2N2O6. The molecule has 8 nitrogen and oxygen atoms in total. The zero-order chi connectivity index (χ0) is 24.7. The van der Waals surface area contributed by atoms with Crippen molar-refractivity contribution in [1.29, 1.82) is 0 Å². The number of phenols is 1. The van der Waals surface area contributed by atoms with Crippen LogP contribution in [0, 0.1) is 17.8 Å². The van der Waals surface area contributed by atoms with Crippen LogP contribution in [0.1, 0.15) is 31.2 Å². The first-order chi connectivity index (χ1) is 16.0. The highest BCUT2D eigenvalue weighted by atomic mass is 35.5. The number of ether oxygens (including phenoxy) is 1. The lowest BCUT2D eigenvalue weighted by atomic mass is 9.56. The number of hydrogen-bond donors (Lipinski definition) is 1. The molecule has 2 heterocycles. The first-order valence-corrected chi connectivity index (χ1v) is 11.9. The number of carbonyl (C=O) groups is 4. The second-order valence-electron chi connectivity index (χ2n) is 9.35. The minimum atomic E-state index is -1.85. The van der Waals surface area contributed by atoms with E-state index in [1.54, 1.807) is 19.1 Å². The average molecular weight is 507 g/mol. The Bertz CT molecular complexity index is 1180. The Morgan fingerprint density at radius 3 is 2.47 bits per heavy atom. The molecule has 0 bridgehead atoms. The van der Waals surface area contributed by atoms with Crippen LogP contribution in [-0.4, -0.2) is 69.0 Å². The number of amides is 4. The maximum absolute atomic E-state index is 13.5. The van der Waals surface area contributed by atoms with E-state index in [1.807, 2.05) is 6.08 Å². The van der Waals surface area contributed by atoms with Crippen LogP contribution in [0.2, 0.25) is 0 Å². The van der Waals surface area contributed by atoms with Crippen molar-refractivity contribution < 1.29 is 29.0 Å². The van der Waals surface area contributed by atoms with Crippen molar-refractivity contribution in [1.82, 2.24) is 9.80 Å². The molecule has 3 fully saturated rings. The third-order valence-electron chi connectivity index (χ3n) is 7.96. The number of rotatable bonds is 3. The van der Waals surface area contributed by atoms with E-state index in [0.717, 1.165) is 4.90 Å². The Labute approximate surface area is 206 Å². The quantitative estimate of drug-likeness (QED) is 0.383. The van der Waals surface area contributed by atoms with Crippen molar-refractivity contribution >= 4 is 46.8 Å². The van der Waals surface area contributed by atoms with Crippen molar-refractivity contribution in [3.8, 4) is 11.5 Å². The molecule has 180 valence electrons. The Kier molecular flexibility index (Phi) is 5.08. The highest BCUT2D eigenvalue weighted by Crippen LogP contribution is 2.65. The fourth-order valence-electron chi connectivity index (χ4n) is 6.37. The molecule has 1 saturated carbocycles. The molecule has 0 aromatic heterocycles. The van der Waals surface area contributed by atoms with E-state index < -0.39 is 45.2 Å². The number of alkyl halides is 2. The summed E-state index contributed by atoms with van der Waals surface area (Å²) in [6.45, 7) is 2.01. The van der Waals surface area contributed by atoms with Crippen molar-refractivity contribution in [2.24, 2.45) is 17.8 Å². The number of fused-ring (bicyclic) bond motifs is 4. The van der Waals surface area contributed by atoms with Gasteiger partial charge >= 0.3 is 0 Å². The number of phenolic OH excluding ortho intramolecular Hbond substituents is 1. The summed E-state index contributed by atoms with van der Waals surface area (Å²) >= 11 is 14.1. The largest absolute Gasteiger partial charge is 0.504 e. The highest BCUT2D eigenvalue weighted by molar-refractivity contribution is 6.53. The van der Waals surface area contributed by atoms with E-state index in [1.165, 1.54) is 25.1 Å². The minimum absolute atomic E-state index is 0.0394. The van der Waals surface area contributed by atoms with Crippen molar-refractivity contribution in [2.75, 3.05) is 20.7 Å². The van der Waals surface area contributed by atoms with Gasteiger partial charge in [-0.05, 0) is 43.4 Å². The Morgan fingerprint density at radius 2 is 1.82 bits per heavy atom. The lowest BCUT2D eigenvalue weighted by molar-refractivity contribution is -0.141. The number of likely N-dealkylation sites (tertiary alicyclic amines) is 2. The number of methoxy groups -OCH3 is 1. The zero-order valence-electron chi connectivity index (χ0n) is 18.9. The molecule has 2 aliphatic carbocycles. The second-order valence-corrected chi connectivity index (χ2v) is 10.6. The molecule has 0 spiro atoms. The topological polar surface area (TPSA) is 104 Å². The maximum atomic E-state index is 13.5. The monoisotopic (exact) mass is 506 g/mol. The molecule has 0 radical (unpaired) electrons. The summed E-state index contributed by atoms with van der Waals surface area (Å²) in [5.74, 6) is -4.35. The standard InChI is InChI=1S/C24H24Cl2N2O6/c1-4-28-19(30)13-7-6-12-14(17(13)20(28)31)10-23(25)21(32)27(2)22(33)24(23,26)18(12)11-5-8-15(29)16(9-11)34-3/h5-6,8-9,13-14,17-18,29H,4,7,10H2,1-3H3/t13-,14+,17-,18-,23+,24-/m0/s1. The third-order valence-corrected chi connectivity index (χ3v) is 9.37. The summed E-state index contributed by atoms with van der Waals surface area (Å²) < 4.78 is 5.27. The molecule has 4 aliphatic rings. The maximum Gasteiger partial charge on any atom is 0.253 e. The van der Waals surface area contributed by atoms with E-state index in [4.69, 9.17) is 27.9 Å². The van der Waals surface area contributed by atoms with Gasteiger partial charge in [0.1, 0.15) is 0 Å². The molecule has 5 rings (SSSR count). The molecular weight excluding hydrogens is 483 g/mol. The lowest BCUT2D eigenvalue weighted by Gasteiger charge is -2.50. The number of allylic oxidation sites excluding steroid dienone is 2. The second kappa shape index (κ2) is 7.46. The van der Waals surface area contributed by atoms with Crippen LogP contribution in [0.5, 0.6) is 11.5 Å². The van der Waals surface area contributed by atoms with Gasteiger partial charge < -0.3 is 9.84 Å². The zero-order valence-corrected chi connectivity index (χ0v) is 20.4. The molecule has 10 heteroatoms. The van der Waals surface area contributed by atoms with Crippen molar-refractivity contribution in [3.05, 3.63) is 35.4 Å². The predicted molar refractivity (Wildman–Crippen MR) is 123 cm³/mol. The summed E-state index contributed by atoms with van der Waals surface area (Å²) in [5.41, 5.74) is 1.22. The third kappa shape index (κ3) is 2.61. The Hall–Kier alpha value is -2.58. The summed E-state index contributed by atoms with van der Waals surface area (Å²) in [7, 11) is 2.74. The van der Waals surface area contributed by atoms with Gasteiger partial charge in [0.05, 0.1) is 18.9 Å². The van der Waals surface area contributed by atoms with Gasteiger partial charge in [-0.15, -0.1) is 23.2 Å². The molecule has 1 aromatic rings. The van der Waals surface area contributed by atoms with Gasteiger partial charge in [0.15, 0.2) is 21.2 Å². The summed E-state index contributed by atoms with van der Waals surface area (Å²) in [6.07, 6.45) is 2.16.